The molecule has 1 aliphatic carbocycles. The smallest absolute Gasteiger partial charge is 0.317 e. The molecule has 1 aromatic carbocycles. The number of hydrogen-bond donors (Lipinski definition) is 2. The average molecular weight is 290 g/mol. The fourth-order valence-corrected chi connectivity index (χ4v) is 2.54. The molecule has 116 valence electrons. The van der Waals surface area contributed by atoms with Crippen LogP contribution in [0.3, 0.4) is 0 Å². The normalized spacial score (nSPS) is 17.1. The number of aliphatic hydroxyl groups is 1. The van der Waals surface area contributed by atoms with E-state index in [1.54, 1.807) is 18.9 Å². The largest absolute Gasteiger partial charge is 0.393 e. The molecular weight excluding hydrogens is 264 g/mol. The van der Waals surface area contributed by atoms with Gasteiger partial charge in [0.25, 0.3) is 0 Å². The van der Waals surface area contributed by atoms with E-state index in [1.807, 2.05) is 12.1 Å². The van der Waals surface area contributed by atoms with Gasteiger partial charge in [-0.25, -0.2) is 4.79 Å². The zero-order valence-electron chi connectivity index (χ0n) is 13.2. The van der Waals surface area contributed by atoms with Crippen LogP contribution < -0.4 is 5.32 Å². The molecule has 0 bridgehead atoms. The van der Waals surface area contributed by atoms with Gasteiger partial charge < -0.3 is 15.3 Å². The second kappa shape index (κ2) is 6.94. The van der Waals surface area contributed by atoms with Gasteiger partial charge in [0.1, 0.15) is 0 Å². The Morgan fingerprint density at radius 2 is 2.10 bits per heavy atom. The second-order valence-corrected chi connectivity index (χ2v) is 6.18. The summed E-state index contributed by atoms with van der Waals surface area (Å²) >= 11 is 0. The maximum absolute atomic E-state index is 12.3. The highest BCUT2D eigenvalue weighted by molar-refractivity contribution is 5.74. The maximum atomic E-state index is 12.3. The van der Waals surface area contributed by atoms with Crippen molar-refractivity contribution in [2.45, 2.75) is 45.3 Å². The minimum atomic E-state index is -0.379. The summed E-state index contributed by atoms with van der Waals surface area (Å²) in [6, 6.07) is 8.30. The molecule has 0 unspecified atom stereocenters. The van der Waals surface area contributed by atoms with E-state index in [4.69, 9.17) is 0 Å². The van der Waals surface area contributed by atoms with Crippen LogP contribution in [-0.2, 0) is 0 Å². The SMILES string of the molecule is Cc1ccccc1[C@@H](NC(=O)N(C)CC[C@H](C)O)C1CC1. The molecule has 2 rings (SSSR count). The summed E-state index contributed by atoms with van der Waals surface area (Å²) < 4.78 is 0. The number of urea groups is 1. The number of rotatable bonds is 6. The molecular formula is C17H26N2O2. The van der Waals surface area contributed by atoms with Crippen LogP contribution in [0.2, 0.25) is 0 Å². The number of benzene rings is 1. The van der Waals surface area contributed by atoms with Crippen LogP contribution in [0.5, 0.6) is 0 Å². The molecule has 2 amide bonds. The zero-order valence-corrected chi connectivity index (χ0v) is 13.2. The van der Waals surface area contributed by atoms with E-state index >= 15 is 0 Å². The molecule has 1 aliphatic rings. The van der Waals surface area contributed by atoms with Crippen molar-refractivity contribution in [3.05, 3.63) is 35.4 Å². The Morgan fingerprint density at radius 1 is 1.43 bits per heavy atom. The second-order valence-electron chi connectivity index (χ2n) is 6.18. The van der Waals surface area contributed by atoms with Crippen molar-refractivity contribution in [1.82, 2.24) is 10.2 Å². The summed E-state index contributed by atoms with van der Waals surface area (Å²) in [7, 11) is 1.78. The predicted molar refractivity (Wildman–Crippen MR) is 84.1 cm³/mol. The maximum Gasteiger partial charge on any atom is 0.317 e. The van der Waals surface area contributed by atoms with Crippen LogP contribution >= 0.6 is 0 Å². The van der Waals surface area contributed by atoms with Crippen LogP contribution in [0.1, 0.15) is 43.4 Å². The lowest BCUT2D eigenvalue weighted by Gasteiger charge is -2.25. The van der Waals surface area contributed by atoms with Gasteiger partial charge in [-0.2, -0.15) is 0 Å². The highest BCUT2D eigenvalue weighted by Gasteiger charge is 2.34. The van der Waals surface area contributed by atoms with Gasteiger partial charge in [0.15, 0.2) is 0 Å². The van der Waals surface area contributed by atoms with Crippen molar-refractivity contribution >= 4 is 6.03 Å². The number of carbonyl (C=O) groups is 1. The van der Waals surface area contributed by atoms with E-state index < -0.39 is 0 Å². The lowest BCUT2D eigenvalue weighted by atomic mass is 9.98. The fraction of sp³-hybridized carbons (Fsp3) is 0.588. The van der Waals surface area contributed by atoms with Crippen molar-refractivity contribution in [3.8, 4) is 0 Å². The van der Waals surface area contributed by atoms with E-state index in [2.05, 4.69) is 24.4 Å². The van der Waals surface area contributed by atoms with Crippen molar-refractivity contribution in [2.75, 3.05) is 13.6 Å². The van der Waals surface area contributed by atoms with E-state index in [0.29, 0.717) is 18.9 Å². The summed E-state index contributed by atoms with van der Waals surface area (Å²) in [5, 5.41) is 12.5. The Hall–Kier alpha value is -1.55. The molecule has 0 aliphatic heterocycles. The Bertz CT molecular complexity index is 483. The molecule has 0 spiro atoms. The van der Waals surface area contributed by atoms with Gasteiger partial charge in [0.2, 0.25) is 0 Å². The Morgan fingerprint density at radius 3 is 2.67 bits per heavy atom. The molecule has 1 aromatic rings. The molecule has 21 heavy (non-hydrogen) atoms. The van der Waals surface area contributed by atoms with Gasteiger partial charge in [0.05, 0.1) is 12.1 Å². The third-order valence-electron chi connectivity index (χ3n) is 4.12. The first-order chi connectivity index (χ1) is 9.99. The molecule has 1 saturated carbocycles. The highest BCUT2D eigenvalue weighted by Crippen LogP contribution is 2.41. The Labute approximate surface area is 127 Å². The standard InChI is InChI=1S/C17H26N2O2/c1-12-6-4-5-7-15(12)16(14-8-9-14)18-17(21)19(3)11-10-13(2)20/h4-7,13-14,16,20H,8-11H2,1-3H3,(H,18,21)/t13-,16-/m0/s1. The van der Waals surface area contributed by atoms with Crippen LogP contribution in [0.4, 0.5) is 4.79 Å². The van der Waals surface area contributed by atoms with Crippen LogP contribution in [0.25, 0.3) is 0 Å². The first-order valence-electron chi connectivity index (χ1n) is 7.74. The summed E-state index contributed by atoms with van der Waals surface area (Å²) in [5.41, 5.74) is 2.44. The lowest BCUT2D eigenvalue weighted by Crippen LogP contribution is -2.41. The van der Waals surface area contributed by atoms with E-state index in [-0.39, 0.29) is 18.2 Å². The molecule has 1 fully saturated rings. The molecule has 2 atom stereocenters. The van der Waals surface area contributed by atoms with Gasteiger partial charge in [-0.3, -0.25) is 0 Å². The fourth-order valence-electron chi connectivity index (χ4n) is 2.54. The third kappa shape index (κ3) is 4.46. The van der Waals surface area contributed by atoms with Crippen LogP contribution in [-0.4, -0.2) is 35.7 Å². The predicted octanol–water partition coefficient (Wildman–Crippen LogP) is 2.86. The zero-order chi connectivity index (χ0) is 15.4. The number of amides is 2. The van der Waals surface area contributed by atoms with Gasteiger partial charge in [-0.15, -0.1) is 0 Å². The van der Waals surface area contributed by atoms with Crippen LogP contribution in [0.15, 0.2) is 24.3 Å². The monoisotopic (exact) mass is 290 g/mol. The minimum absolute atomic E-state index is 0.0594. The molecule has 0 heterocycles. The first kappa shape index (κ1) is 15.8. The van der Waals surface area contributed by atoms with Crippen molar-refractivity contribution in [1.29, 1.82) is 0 Å². The number of aryl methyl sites for hydroxylation is 1. The summed E-state index contributed by atoms with van der Waals surface area (Å²) in [4.78, 5) is 14.0. The van der Waals surface area contributed by atoms with Gasteiger partial charge in [-0.1, -0.05) is 24.3 Å². The molecule has 2 N–H and O–H groups in total. The highest BCUT2D eigenvalue weighted by atomic mass is 16.3. The molecule has 4 heteroatoms. The minimum Gasteiger partial charge on any atom is -0.393 e. The Balaban J connectivity index is 2.00. The quantitative estimate of drug-likeness (QED) is 0.846. The van der Waals surface area contributed by atoms with Crippen LogP contribution in [0, 0.1) is 12.8 Å². The molecule has 0 saturated heterocycles. The number of carbonyl (C=O) groups excluding carboxylic acids is 1. The van der Waals surface area contributed by atoms with E-state index in [9.17, 15) is 9.90 Å². The van der Waals surface area contributed by atoms with Gasteiger partial charge >= 0.3 is 6.03 Å². The first-order valence-corrected chi connectivity index (χ1v) is 7.74. The van der Waals surface area contributed by atoms with E-state index in [0.717, 1.165) is 0 Å². The molecule has 0 radical (unpaired) electrons. The van der Waals surface area contributed by atoms with E-state index in [1.165, 1.54) is 24.0 Å². The van der Waals surface area contributed by atoms with Gasteiger partial charge in [0, 0.05) is 13.6 Å². The topological polar surface area (TPSA) is 52.6 Å². The molecule has 4 nitrogen and oxygen atoms in total. The Kier molecular flexibility index (Phi) is 5.23. The summed E-state index contributed by atoms with van der Waals surface area (Å²) in [6.45, 7) is 4.40. The number of nitrogens with zero attached hydrogens (tertiary/aromatic N) is 1. The number of aliphatic hydroxyl groups excluding tert-OH is 1. The summed E-state index contributed by atoms with van der Waals surface area (Å²) in [5.74, 6) is 0.556. The van der Waals surface area contributed by atoms with Crippen molar-refractivity contribution < 1.29 is 9.90 Å². The third-order valence-corrected chi connectivity index (χ3v) is 4.12. The molecule has 0 aromatic heterocycles. The lowest BCUT2D eigenvalue weighted by molar-refractivity contribution is 0.162. The summed E-state index contributed by atoms with van der Waals surface area (Å²) in [6.07, 6.45) is 2.58. The van der Waals surface area contributed by atoms with Crippen molar-refractivity contribution in [2.24, 2.45) is 5.92 Å². The van der Waals surface area contributed by atoms with Gasteiger partial charge in [-0.05, 0) is 50.2 Å². The number of nitrogens with one attached hydrogen (secondary N) is 1. The average Bonchev–Trinajstić information content (AvgIpc) is 3.27. The van der Waals surface area contributed by atoms with Crippen molar-refractivity contribution in [3.63, 3.8) is 0 Å². The number of hydrogen-bond acceptors (Lipinski definition) is 2.